The summed E-state index contributed by atoms with van der Waals surface area (Å²) in [4.78, 5) is 11.9. The van der Waals surface area contributed by atoms with E-state index < -0.39 is 0 Å². The summed E-state index contributed by atoms with van der Waals surface area (Å²) in [6.45, 7) is 8.34. The van der Waals surface area contributed by atoms with E-state index in [1.54, 1.807) is 0 Å². The molecular formula is C18H27N5O2S. The van der Waals surface area contributed by atoms with E-state index in [2.05, 4.69) is 28.5 Å². The van der Waals surface area contributed by atoms with Crippen molar-refractivity contribution in [1.82, 2.24) is 20.2 Å². The first-order chi connectivity index (χ1) is 12.4. The number of hydrogen-bond donors (Lipinski definition) is 2. The molecule has 1 aromatic carbocycles. The summed E-state index contributed by atoms with van der Waals surface area (Å²) in [5.41, 5.74) is 2.24. The Hall–Kier alpha value is -2.22. The van der Waals surface area contributed by atoms with Crippen LogP contribution in [0.15, 0.2) is 23.4 Å². The summed E-state index contributed by atoms with van der Waals surface area (Å²) in [5.74, 6) is 7.54. The van der Waals surface area contributed by atoms with Gasteiger partial charge in [0.05, 0.1) is 5.75 Å². The third-order valence-electron chi connectivity index (χ3n) is 3.88. The number of carbonyl (C=O) groups excluding carboxylic acids is 1. The van der Waals surface area contributed by atoms with E-state index in [0.29, 0.717) is 11.0 Å². The summed E-state index contributed by atoms with van der Waals surface area (Å²) in [6.07, 6.45) is 2.00. The predicted octanol–water partition coefficient (Wildman–Crippen LogP) is 2.58. The number of aromatic nitrogens is 3. The van der Waals surface area contributed by atoms with Crippen LogP contribution in [0.1, 0.15) is 43.6 Å². The summed E-state index contributed by atoms with van der Waals surface area (Å²) in [7, 11) is 0. The van der Waals surface area contributed by atoms with Gasteiger partial charge in [-0.25, -0.2) is 4.68 Å². The molecular weight excluding hydrogens is 350 g/mol. The van der Waals surface area contributed by atoms with Crippen LogP contribution in [-0.2, 0) is 11.4 Å². The first-order valence-electron chi connectivity index (χ1n) is 8.72. The predicted molar refractivity (Wildman–Crippen MR) is 104 cm³/mol. The molecule has 0 spiro atoms. The van der Waals surface area contributed by atoms with Crippen molar-refractivity contribution < 1.29 is 9.53 Å². The van der Waals surface area contributed by atoms with Gasteiger partial charge < -0.3 is 15.9 Å². The number of nitrogen functional groups attached to an aromatic ring is 1. The van der Waals surface area contributed by atoms with Gasteiger partial charge >= 0.3 is 0 Å². The minimum absolute atomic E-state index is 0.0352. The number of rotatable bonds is 9. The van der Waals surface area contributed by atoms with Crippen LogP contribution in [0.3, 0.4) is 0 Å². The topological polar surface area (TPSA) is 95.1 Å². The lowest BCUT2D eigenvalue weighted by Crippen LogP contribution is -2.33. The molecule has 0 radical (unpaired) electrons. The maximum absolute atomic E-state index is 11.9. The van der Waals surface area contributed by atoms with Crippen LogP contribution < -0.4 is 15.9 Å². The van der Waals surface area contributed by atoms with Gasteiger partial charge in [0, 0.05) is 6.04 Å². The van der Waals surface area contributed by atoms with E-state index in [0.717, 1.165) is 24.2 Å². The van der Waals surface area contributed by atoms with Crippen LogP contribution in [0.2, 0.25) is 0 Å². The van der Waals surface area contributed by atoms with E-state index in [-0.39, 0.29) is 24.3 Å². The Morgan fingerprint density at radius 1 is 1.38 bits per heavy atom. The normalized spacial score (nSPS) is 12.0. The number of hydrogen-bond acceptors (Lipinski definition) is 6. The van der Waals surface area contributed by atoms with E-state index in [1.807, 2.05) is 32.9 Å². The molecule has 2 aromatic rings. The zero-order chi connectivity index (χ0) is 19.1. The molecule has 1 heterocycles. The average Bonchev–Trinajstić information content (AvgIpc) is 2.92. The van der Waals surface area contributed by atoms with Crippen molar-refractivity contribution in [2.75, 3.05) is 11.6 Å². The Morgan fingerprint density at radius 2 is 2.15 bits per heavy atom. The molecule has 8 heteroatoms. The highest BCUT2D eigenvalue weighted by Crippen LogP contribution is 2.20. The standard InChI is InChI=1S/C18H27N5O2S/c1-5-6-14(4)20-17(24)11-26-18-22-21-16(23(18)19)10-25-15-8-7-12(2)9-13(15)3/h7-9,14H,5-6,10-11,19H2,1-4H3,(H,20,24)/t14-/m0/s1. The average molecular weight is 378 g/mol. The SMILES string of the molecule is CCC[C@H](C)NC(=O)CSc1nnc(COc2ccc(C)cc2C)n1N. The largest absolute Gasteiger partial charge is 0.485 e. The molecule has 7 nitrogen and oxygen atoms in total. The first kappa shape index (κ1) is 20.1. The molecule has 0 saturated carbocycles. The number of amides is 1. The number of ether oxygens (including phenoxy) is 1. The van der Waals surface area contributed by atoms with Crippen molar-refractivity contribution in [3.05, 3.63) is 35.2 Å². The van der Waals surface area contributed by atoms with E-state index in [1.165, 1.54) is 22.0 Å². The van der Waals surface area contributed by atoms with Crippen LogP contribution in [0.25, 0.3) is 0 Å². The van der Waals surface area contributed by atoms with Crippen molar-refractivity contribution in [1.29, 1.82) is 0 Å². The zero-order valence-corrected chi connectivity index (χ0v) is 16.6. The Labute approximate surface area is 158 Å². The molecule has 0 fully saturated rings. The second-order valence-corrected chi connectivity index (χ2v) is 7.31. The maximum atomic E-state index is 11.9. The van der Waals surface area contributed by atoms with Crippen molar-refractivity contribution >= 4 is 17.7 Å². The van der Waals surface area contributed by atoms with Gasteiger partial charge in [-0.05, 0) is 38.8 Å². The van der Waals surface area contributed by atoms with Crippen molar-refractivity contribution in [2.24, 2.45) is 0 Å². The lowest BCUT2D eigenvalue weighted by molar-refractivity contribution is -0.119. The summed E-state index contributed by atoms with van der Waals surface area (Å²) >= 11 is 1.26. The number of carbonyl (C=O) groups is 1. The lowest BCUT2D eigenvalue weighted by atomic mass is 10.1. The number of nitrogens with one attached hydrogen (secondary N) is 1. The van der Waals surface area contributed by atoms with Crippen LogP contribution >= 0.6 is 11.8 Å². The summed E-state index contributed by atoms with van der Waals surface area (Å²) < 4.78 is 7.16. The Kier molecular flexibility index (Phi) is 7.32. The molecule has 0 aliphatic heterocycles. The molecule has 2 rings (SSSR count). The Balaban J connectivity index is 1.88. The number of aryl methyl sites for hydroxylation is 2. The fourth-order valence-electron chi connectivity index (χ4n) is 2.56. The third-order valence-corrected chi connectivity index (χ3v) is 4.83. The summed E-state index contributed by atoms with van der Waals surface area (Å²) in [5, 5.41) is 11.5. The van der Waals surface area contributed by atoms with Gasteiger partial charge in [0.15, 0.2) is 5.82 Å². The molecule has 0 saturated heterocycles. The van der Waals surface area contributed by atoms with Crippen LogP contribution in [0.4, 0.5) is 0 Å². The lowest BCUT2D eigenvalue weighted by Gasteiger charge is -2.12. The molecule has 1 atom stereocenters. The van der Waals surface area contributed by atoms with Crippen molar-refractivity contribution in [3.63, 3.8) is 0 Å². The van der Waals surface area contributed by atoms with Crippen molar-refractivity contribution in [2.45, 2.75) is 58.3 Å². The van der Waals surface area contributed by atoms with E-state index in [4.69, 9.17) is 10.6 Å². The fraction of sp³-hybridized carbons (Fsp3) is 0.500. The molecule has 0 bridgehead atoms. The second kappa shape index (κ2) is 9.47. The maximum Gasteiger partial charge on any atom is 0.230 e. The van der Waals surface area contributed by atoms with Gasteiger partial charge in [-0.1, -0.05) is 42.8 Å². The number of benzene rings is 1. The van der Waals surface area contributed by atoms with E-state index >= 15 is 0 Å². The smallest absolute Gasteiger partial charge is 0.230 e. The molecule has 0 aliphatic carbocycles. The zero-order valence-electron chi connectivity index (χ0n) is 15.8. The highest BCUT2D eigenvalue weighted by molar-refractivity contribution is 7.99. The van der Waals surface area contributed by atoms with Gasteiger partial charge in [-0.3, -0.25) is 4.79 Å². The highest BCUT2D eigenvalue weighted by atomic mass is 32.2. The molecule has 26 heavy (non-hydrogen) atoms. The number of nitrogens with two attached hydrogens (primary N) is 1. The van der Waals surface area contributed by atoms with Gasteiger partial charge in [-0.15, -0.1) is 10.2 Å². The van der Waals surface area contributed by atoms with Gasteiger partial charge in [-0.2, -0.15) is 0 Å². The second-order valence-electron chi connectivity index (χ2n) is 6.37. The molecule has 3 N–H and O–H groups in total. The van der Waals surface area contributed by atoms with Gasteiger partial charge in [0.25, 0.3) is 0 Å². The third kappa shape index (κ3) is 5.66. The first-order valence-corrected chi connectivity index (χ1v) is 9.70. The molecule has 0 unspecified atom stereocenters. The number of nitrogens with zero attached hydrogens (tertiary/aromatic N) is 3. The minimum atomic E-state index is -0.0352. The minimum Gasteiger partial charge on any atom is -0.485 e. The fourth-order valence-corrected chi connectivity index (χ4v) is 3.25. The molecule has 142 valence electrons. The monoisotopic (exact) mass is 377 g/mol. The van der Waals surface area contributed by atoms with Crippen LogP contribution in [0, 0.1) is 13.8 Å². The van der Waals surface area contributed by atoms with Crippen LogP contribution in [-0.4, -0.2) is 32.6 Å². The quantitative estimate of drug-likeness (QED) is 0.515. The molecule has 1 aromatic heterocycles. The van der Waals surface area contributed by atoms with Crippen molar-refractivity contribution in [3.8, 4) is 5.75 Å². The Morgan fingerprint density at radius 3 is 2.85 bits per heavy atom. The molecule has 1 amide bonds. The highest BCUT2D eigenvalue weighted by Gasteiger charge is 2.14. The van der Waals surface area contributed by atoms with Crippen LogP contribution in [0.5, 0.6) is 5.75 Å². The van der Waals surface area contributed by atoms with Gasteiger partial charge in [0.1, 0.15) is 12.4 Å². The van der Waals surface area contributed by atoms with Gasteiger partial charge in [0.2, 0.25) is 11.1 Å². The molecule has 0 aliphatic rings. The summed E-state index contributed by atoms with van der Waals surface area (Å²) in [6, 6.07) is 6.15. The number of thioether (sulfide) groups is 1. The van der Waals surface area contributed by atoms with E-state index in [9.17, 15) is 4.79 Å². The Bertz CT molecular complexity index is 747.